The van der Waals surface area contributed by atoms with Gasteiger partial charge in [0.05, 0.1) is 40.5 Å². The Bertz CT molecular complexity index is 2260. The van der Waals surface area contributed by atoms with Crippen LogP contribution in [-0.2, 0) is 22.6 Å². The number of pyridine rings is 1. The predicted octanol–water partition coefficient (Wildman–Crippen LogP) is 11.5. The Morgan fingerprint density at radius 3 is 2.29 bits per heavy atom. The smallest absolute Gasteiger partial charge is 0.326 e. The third-order valence-electron chi connectivity index (χ3n) is 12.9. The maximum absolute atomic E-state index is 14.6. The highest BCUT2D eigenvalue weighted by molar-refractivity contribution is 5.99. The minimum Gasteiger partial charge on any atom is -0.464 e. The Hall–Kier alpha value is -4.77. The van der Waals surface area contributed by atoms with Gasteiger partial charge in [-0.3, -0.25) is 24.0 Å². The molecule has 0 unspecified atom stereocenters. The van der Waals surface area contributed by atoms with Crippen LogP contribution in [0.2, 0.25) is 0 Å². The average molecular weight is 851 g/mol. The van der Waals surface area contributed by atoms with Gasteiger partial charge < -0.3 is 19.2 Å². The molecule has 4 heterocycles. The number of rotatable bonds is 25. The van der Waals surface area contributed by atoms with Crippen molar-refractivity contribution >= 4 is 33.8 Å². The first-order valence-corrected chi connectivity index (χ1v) is 23.8. The van der Waals surface area contributed by atoms with Crippen LogP contribution in [0.1, 0.15) is 164 Å². The molecule has 1 N–H and O–H groups in total. The van der Waals surface area contributed by atoms with Crippen LogP contribution in [0.25, 0.3) is 27.6 Å². The molecule has 1 amide bonds. The summed E-state index contributed by atoms with van der Waals surface area (Å²) in [4.78, 5) is 50.6. The second-order valence-electron chi connectivity index (χ2n) is 17.9. The van der Waals surface area contributed by atoms with E-state index in [-0.39, 0.29) is 36.1 Å². The molecule has 2 aromatic carbocycles. The molecule has 1 saturated heterocycles. The number of aromatic nitrogens is 4. The van der Waals surface area contributed by atoms with E-state index in [1.807, 2.05) is 36.7 Å². The number of nitrogens with one attached hydrogen (secondary N) is 1. The van der Waals surface area contributed by atoms with E-state index in [0.29, 0.717) is 24.2 Å². The zero-order valence-electron chi connectivity index (χ0n) is 37.9. The van der Waals surface area contributed by atoms with Gasteiger partial charge in [0.25, 0.3) is 5.91 Å². The molecule has 0 radical (unpaired) electrons. The summed E-state index contributed by atoms with van der Waals surface area (Å²) in [5, 5.41) is 1.07. The van der Waals surface area contributed by atoms with E-state index in [9.17, 15) is 18.8 Å². The second kappa shape index (κ2) is 23.6. The van der Waals surface area contributed by atoms with E-state index in [0.717, 1.165) is 72.8 Å². The van der Waals surface area contributed by atoms with Crippen molar-refractivity contribution in [1.82, 2.24) is 28.9 Å². The first-order valence-electron chi connectivity index (χ1n) is 23.8. The second-order valence-corrected chi connectivity index (χ2v) is 17.9. The van der Waals surface area contributed by atoms with E-state index in [1.54, 1.807) is 28.8 Å². The number of esters is 1. The van der Waals surface area contributed by atoms with Crippen LogP contribution in [0, 0.1) is 5.82 Å². The lowest BCUT2D eigenvalue weighted by Crippen LogP contribution is -2.34. The SMILES string of the molecule is CCCCCCCCCCCCCCCCCC(=O)OCCn1c(=O)[nH]c2cc(CN3CCC[C@H](c4cn(-c5ccc(F)cc5C(=O)N(C)C(C)C)c5cnccc45)C3)ccc21. The summed E-state index contributed by atoms with van der Waals surface area (Å²) < 4.78 is 23.8. The number of aromatic amines is 1. The molecule has 1 aliphatic heterocycles. The van der Waals surface area contributed by atoms with Gasteiger partial charge >= 0.3 is 11.7 Å². The molecule has 5 aromatic rings. The number of fused-ring (bicyclic) bond motifs is 2. The molecule has 1 atom stereocenters. The number of H-pyrrole nitrogens is 1. The zero-order valence-corrected chi connectivity index (χ0v) is 37.9. The summed E-state index contributed by atoms with van der Waals surface area (Å²) in [5.74, 6) is -0.643. The van der Waals surface area contributed by atoms with E-state index in [4.69, 9.17) is 4.74 Å². The van der Waals surface area contributed by atoms with Gasteiger partial charge in [0.15, 0.2) is 0 Å². The number of amides is 1. The number of hydrogen-bond donors (Lipinski definition) is 1. The number of carbonyl (C=O) groups is 2. The fraction of sp³-hybridized carbons (Fsp3) is 0.569. The first kappa shape index (κ1) is 46.7. The Morgan fingerprint density at radius 1 is 0.903 bits per heavy atom. The minimum absolute atomic E-state index is 0.0406. The fourth-order valence-electron chi connectivity index (χ4n) is 9.15. The molecule has 3 aromatic heterocycles. The summed E-state index contributed by atoms with van der Waals surface area (Å²) in [7, 11) is 1.74. The lowest BCUT2D eigenvalue weighted by atomic mass is 9.90. The molecule has 0 aliphatic carbocycles. The van der Waals surface area contributed by atoms with Gasteiger partial charge in [-0.2, -0.15) is 0 Å². The number of halogens is 1. The van der Waals surface area contributed by atoms with Crippen molar-refractivity contribution in [2.45, 2.75) is 161 Å². The van der Waals surface area contributed by atoms with Gasteiger partial charge in [-0.15, -0.1) is 0 Å². The maximum Gasteiger partial charge on any atom is 0.326 e. The number of ether oxygens (including phenoxy) is 1. The topological polar surface area (TPSA) is 105 Å². The minimum atomic E-state index is -0.452. The number of imidazole rings is 1. The molecule has 0 spiro atoms. The van der Waals surface area contributed by atoms with Crippen molar-refractivity contribution < 1.29 is 18.7 Å². The molecule has 1 fully saturated rings. The standard InChI is InChI=1S/C51H71FN6O4/c1-5-6-7-8-9-10-11-12-13-14-15-16-17-18-19-22-49(59)62-31-30-57-47-25-23-39(32-45(47)54-51(57)61)35-56-29-20-21-40(36-56)44-37-58(48-34-53-28-27-42(44)48)46-26-24-41(52)33-43(46)50(60)55(4)38(2)3/h23-28,32-34,37-38,40H,5-22,29-31,35-36H2,1-4H3,(H,54,61)/t40-/m0/s1. The number of nitrogens with zero attached hydrogens (tertiary/aromatic N) is 5. The molecule has 6 rings (SSSR count). The van der Waals surface area contributed by atoms with Crippen molar-refractivity contribution in [3.8, 4) is 5.69 Å². The molecule has 62 heavy (non-hydrogen) atoms. The first-order chi connectivity index (χ1) is 30.1. The van der Waals surface area contributed by atoms with Crippen molar-refractivity contribution in [3.63, 3.8) is 0 Å². The number of piperidine rings is 1. The van der Waals surface area contributed by atoms with Crippen molar-refractivity contribution in [1.29, 1.82) is 0 Å². The zero-order chi connectivity index (χ0) is 43.8. The monoisotopic (exact) mass is 851 g/mol. The highest BCUT2D eigenvalue weighted by Gasteiger charge is 2.27. The van der Waals surface area contributed by atoms with E-state index in [2.05, 4.69) is 40.1 Å². The Kier molecular flexibility index (Phi) is 17.8. The molecule has 336 valence electrons. The predicted molar refractivity (Wildman–Crippen MR) is 249 cm³/mol. The number of carbonyl (C=O) groups excluding carboxylic acids is 2. The quantitative estimate of drug-likeness (QED) is 0.0463. The van der Waals surface area contributed by atoms with Gasteiger partial charge in [-0.1, -0.05) is 103 Å². The molecule has 0 bridgehead atoms. The lowest BCUT2D eigenvalue weighted by molar-refractivity contribution is -0.144. The van der Waals surface area contributed by atoms with Crippen LogP contribution in [0.15, 0.2) is 65.8 Å². The lowest BCUT2D eigenvalue weighted by Gasteiger charge is -2.32. The summed E-state index contributed by atoms with van der Waals surface area (Å²) in [5.41, 5.74) is 5.47. The number of benzene rings is 2. The van der Waals surface area contributed by atoms with Crippen LogP contribution in [0.4, 0.5) is 4.39 Å². The van der Waals surface area contributed by atoms with Crippen molar-refractivity contribution in [3.05, 3.63) is 94.0 Å². The average Bonchev–Trinajstić information content (AvgIpc) is 3.81. The summed E-state index contributed by atoms with van der Waals surface area (Å²) in [6, 6.07) is 12.5. The Balaban J connectivity index is 0.966. The molecule has 1 aliphatic rings. The molecule has 0 saturated carbocycles. The number of likely N-dealkylation sites (tertiary alicyclic amines) is 1. The van der Waals surface area contributed by atoms with Crippen LogP contribution in [0.3, 0.4) is 0 Å². The van der Waals surface area contributed by atoms with Crippen LogP contribution in [0.5, 0.6) is 0 Å². The molecular formula is C51H71FN6O4. The maximum atomic E-state index is 14.6. The summed E-state index contributed by atoms with van der Waals surface area (Å²) in [6.45, 7) is 9.15. The van der Waals surface area contributed by atoms with Crippen LogP contribution >= 0.6 is 0 Å². The van der Waals surface area contributed by atoms with Gasteiger partial charge in [0.1, 0.15) is 12.4 Å². The van der Waals surface area contributed by atoms with Crippen molar-refractivity contribution in [2.75, 3.05) is 26.7 Å². The summed E-state index contributed by atoms with van der Waals surface area (Å²) in [6.07, 6.45) is 27.5. The normalized spacial score (nSPS) is 14.6. The van der Waals surface area contributed by atoms with E-state index in [1.165, 1.54) is 101 Å². The molecule has 11 heteroatoms. The van der Waals surface area contributed by atoms with E-state index >= 15 is 0 Å². The highest BCUT2D eigenvalue weighted by Crippen LogP contribution is 2.36. The van der Waals surface area contributed by atoms with Crippen molar-refractivity contribution in [2.24, 2.45) is 0 Å². The van der Waals surface area contributed by atoms with Gasteiger partial charge in [-0.25, -0.2) is 9.18 Å². The molecular weight excluding hydrogens is 780 g/mol. The number of unbranched alkanes of at least 4 members (excludes halogenated alkanes) is 14. The Labute approximate surface area is 368 Å². The Morgan fingerprint density at radius 2 is 1.60 bits per heavy atom. The third-order valence-corrected chi connectivity index (χ3v) is 12.9. The highest BCUT2D eigenvalue weighted by atomic mass is 19.1. The van der Waals surface area contributed by atoms with Gasteiger partial charge in [0, 0.05) is 50.4 Å². The number of hydrogen-bond acceptors (Lipinski definition) is 6. The van der Waals surface area contributed by atoms with Gasteiger partial charge in [0.2, 0.25) is 0 Å². The summed E-state index contributed by atoms with van der Waals surface area (Å²) >= 11 is 0. The van der Waals surface area contributed by atoms with E-state index < -0.39 is 5.82 Å². The van der Waals surface area contributed by atoms with Crippen LogP contribution in [-0.4, -0.2) is 73.6 Å². The van der Waals surface area contributed by atoms with Gasteiger partial charge in [-0.05, 0) is 93.1 Å². The molecule has 10 nitrogen and oxygen atoms in total. The third kappa shape index (κ3) is 12.7. The largest absolute Gasteiger partial charge is 0.464 e. The van der Waals surface area contributed by atoms with Crippen LogP contribution < -0.4 is 5.69 Å². The fourth-order valence-corrected chi connectivity index (χ4v) is 9.15.